The van der Waals surface area contributed by atoms with Crippen molar-refractivity contribution in [1.29, 1.82) is 0 Å². The predicted molar refractivity (Wildman–Crippen MR) is 163 cm³/mol. The van der Waals surface area contributed by atoms with E-state index in [9.17, 15) is 29.4 Å². The van der Waals surface area contributed by atoms with Gasteiger partial charge in [0.2, 0.25) is 5.91 Å². The zero-order chi connectivity index (χ0) is 31.6. The molecule has 2 aliphatic rings. The van der Waals surface area contributed by atoms with Crippen LogP contribution in [0.3, 0.4) is 0 Å². The minimum atomic E-state index is -0.885. The summed E-state index contributed by atoms with van der Waals surface area (Å²) < 4.78 is 0. The lowest BCUT2D eigenvalue weighted by molar-refractivity contribution is -0.138. The highest BCUT2D eigenvalue weighted by molar-refractivity contribution is 6.19. The fourth-order valence-electron chi connectivity index (χ4n) is 6.91. The molecular weight excluding hydrogens is 548 g/mol. The molecule has 2 aliphatic heterocycles. The van der Waals surface area contributed by atoms with Gasteiger partial charge in [0, 0.05) is 72.4 Å². The lowest BCUT2D eigenvalue weighted by Crippen LogP contribution is -2.31. The first-order valence-electron chi connectivity index (χ1n) is 15.3. The smallest absolute Gasteiger partial charge is 0.303 e. The predicted octanol–water partition coefficient (Wildman–Crippen LogP) is 4.54. The molecule has 4 heterocycles. The van der Waals surface area contributed by atoms with Gasteiger partial charge in [0.05, 0.1) is 5.71 Å². The van der Waals surface area contributed by atoms with Crippen LogP contribution in [0.25, 0.3) is 0 Å². The van der Waals surface area contributed by atoms with Gasteiger partial charge < -0.3 is 25.5 Å². The molecule has 5 N–H and O–H groups in total. The Morgan fingerprint density at radius 3 is 1.91 bits per heavy atom. The normalized spacial score (nSPS) is 20.2. The molecule has 2 aromatic heterocycles. The highest BCUT2D eigenvalue weighted by Gasteiger charge is 2.38. The number of carbonyl (C=O) groups is 4. The average molecular weight is 593 g/mol. The van der Waals surface area contributed by atoms with E-state index in [0.717, 1.165) is 68.3 Å². The molecule has 0 saturated carbocycles. The van der Waals surface area contributed by atoms with E-state index in [1.807, 2.05) is 34.6 Å². The van der Waals surface area contributed by atoms with Gasteiger partial charge in [-0.15, -0.1) is 0 Å². The summed E-state index contributed by atoms with van der Waals surface area (Å²) in [6.45, 7) is 11.9. The van der Waals surface area contributed by atoms with Crippen LogP contribution in [0.4, 0.5) is 0 Å². The van der Waals surface area contributed by atoms with Crippen LogP contribution in [0.5, 0.6) is 0 Å². The molecule has 0 bridgehead atoms. The van der Waals surface area contributed by atoms with Gasteiger partial charge >= 0.3 is 11.9 Å². The van der Waals surface area contributed by atoms with E-state index in [2.05, 4.69) is 27.2 Å². The van der Waals surface area contributed by atoms with E-state index in [1.54, 1.807) is 0 Å². The maximum atomic E-state index is 12.4. The van der Waals surface area contributed by atoms with Gasteiger partial charge in [-0.25, -0.2) is 4.99 Å². The molecule has 1 saturated heterocycles. The van der Waals surface area contributed by atoms with Crippen molar-refractivity contribution >= 4 is 29.5 Å². The van der Waals surface area contributed by atoms with Crippen molar-refractivity contribution in [3.05, 3.63) is 56.2 Å². The summed E-state index contributed by atoms with van der Waals surface area (Å²) in [5.41, 5.74) is 9.79. The van der Waals surface area contributed by atoms with E-state index in [-0.39, 0.29) is 42.5 Å². The second-order valence-electron chi connectivity index (χ2n) is 12.0. The van der Waals surface area contributed by atoms with Crippen molar-refractivity contribution in [1.82, 2.24) is 15.3 Å². The number of aliphatic carboxylic acids is 2. The second-order valence-corrected chi connectivity index (χ2v) is 12.0. The number of allylic oxidation sites excluding steroid dienone is 1. The van der Waals surface area contributed by atoms with E-state index in [1.165, 1.54) is 0 Å². The van der Waals surface area contributed by atoms with Crippen LogP contribution >= 0.6 is 0 Å². The number of aromatic nitrogens is 2. The highest BCUT2D eigenvalue weighted by Crippen LogP contribution is 2.32. The number of carboxylic acids is 2. The molecule has 0 aromatic carbocycles. The minimum Gasteiger partial charge on any atom is -0.481 e. The molecule has 3 atom stereocenters. The number of aromatic amines is 2. The molecule has 2 amide bonds. The molecule has 0 aliphatic carbocycles. The van der Waals surface area contributed by atoms with Crippen molar-refractivity contribution in [2.24, 2.45) is 16.8 Å². The minimum absolute atomic E-state index is 0.00492. The summed E-state index contributed by atoms with van der Waals surface area (Å²) in [5.74, 6) is -1.73. The van der Waals surface area contributed by atoms with E-state index in [0.29, 0.717) is 38.5 Å². The molecule has 0 radical (unpaired) electrons. The fraction of sp³-hybridized carbons (Fsp3) is 0.545. The van der Waals surface area contributed by atoms with Gasteiger partial charge in [-0.05, 0) is 73.8 Å². The molecule has 10 nitrogen and oxygen atoms in total. The third kappa shape index (κ3) is 6.68. The molecule has 43 heavy (non-hydrogen) atoms. The fourth-order valence-corrected chi connectivity index (χ4v) is 6.91. The molecule has 232 valence electrons. The lowest BCUT2D eigenvalue weighted by Gasteiger charge is -2.19. The molecule has 0 unspecified atom stereocenters. The third-order valence-electron chi connectivity index (χ3n) is 9.55. The van der Waals surface area contributed by atoms with Crippen LogP contribution in [-0.4, -0.2) is 55.7 Å². The maximum Gasteiger partial charge on any atom is 0.303 e. The van der Waals surface area contributed by atoms with Gasteiger partial charge in [-0.2, -0.15) is 0 Å². The zero-order valence-electron chi connectivity index (χ0n) is 26.1. The number of hydrogen-bond donors (Lipinski definition) is 5. The topological polar surface area (TPSA) is 165 Å². The first kappa shape index (κ1) is 32.0. The average Bonchev–Trinajstić information content (AvgIpc) is 3.59. The van der Waals surface area contributed by atoms with Crippen LogP contribution in [0.15, 0.2) is 16.1 Å². The second kappa shape index (κ2) is 13.1. The van der Waals surface area contributed by atoms with Gasteiger partial charge in [0.25, 0.3) is 5.91 Å². The molecule has 0 spiro atoms. The molecular formula is C33H44N4O6. The number of carbonyl (C=O) groups excluding carboxylic acids is 2. The maximum absolute atomic E-state index is 12.4. The number of rotatable bonds is 14. The Labute approximate surface area is 252 Å². The van der Waals surface area contributed by atoms with Crippen molar-refractivity contribution < 1.29 is 29.4 Å². The summed E-state index contributed by atoms with van der Waals surface area (Å²) in [7, 11) is 0. The number of H-pyrrole nitrogens is 2. The Bertz CT molecular complexity index is 1510. The molecule has 4 rings (SSSR count). The van der Waals surface area contributed by atoms with Gasteiger partial charge in [-0.3, -0.25) is 19.2 Å². The standard InChI is InChI=1S/C33H44N4O6/c1-7-20-19(6)32(42)37-27(20)14-25-18(5)23(10-12-31(40)41)29(35-25)15-28-22(9-11-30(38)39)17(4)24(34-28)13-26-16(3)21(8-2)33(43)36-26/h19-20,27,34-35H,7-15H2,1-6H3,(H,37,42)(H,38,39)(H,40,41)/t19-,20-,27-/m1/s1. The summed E-state index contributed by atoms with van der Waals surface area (Å²) >= 11 is 0. The van der Waals surface area contributed by atoms with Crippen molar-refractivity contribution in [3.8, 4) is 0 Å². The number of nitrogens with zero attached hydrogens (tertiary/aromatic N) is 1. The van der Waals surface area contributed by atoms with Crippen molar-refractivity contribution in [2.45, 2.75) is 105 Å². The molecule has 2 aromatic rings. The van der Waals surface area contributed by atoms with Gasteiger partial charge in [-0.1, -0.05) is 27.2 Å². The number of hydrogen-bond acceptors (Lipinski definition) is 4. The summed E-state index contributed by atoms with van der Waals surface area (Å²) in [6.07, 6.45) is 3.66. The van der Waals surface area contributed by atoms with Gasteiger partial charge in [0.1, 0.15) is 0 Å². The summed E-state index contributed by atoms with van der Waals surface area (Å²) in [6, 6.07) is -0.00492. The monoisotopic (exact) mass is 592 g/mol. The van der Waals surface area contributed by atoms with Crippen LogP contribution in [0.1, 0.15) is 98.4 Å². The third-order valence-corrected chi connectivity index (χ3v) is 9.55. The van der Waals surface area contributed by atoms with Crippen molar-refractivity contribution in [3.63, 3.8) is 0 Å². The Hall–Kier alpha value is -3.95. The number of carboxylic acid groups (broad SMARTS) is 2. The van der Waals surface area contributed by atoms with Crippen LogP contribution in [0.2, 0.25) is 0 Å². The Morgan fingerprint density at radius 1 is 0.837 bits per heavy atom. The molecule has 10 heteroatoms. The van der Waals surface area contributed by atoms with E-state index in [4.69, 9.17) is 0 Å². The summed E-state index contributed by atoms with van der Waals surface area (Å²) in [4.78, 5) is 59.3. The number of aliphatic imine (C=N–C) groups is 1. The number of nitrogens with one attached hydrogen (secondary N) is 3. The number of amides is 2. The highest BCUT2D eigenvalue weighted by atomic mass is 16.4. The van der Waals surface area contributed by atoms with E-state index < -0.39 is 11.9 Å². The molecule has 1 fully saturated rings. The first-order chi connectivity index (χ1) is 20.4. The zero-order valence-corrected chi connectivity index (χ0v) is 26.1. The Morgan fingerprint density at radius 2 is 1.40 bits per heavy atom. The van der Waals surface area contributed by atoms with Crippen LogP contribution in [0, 0.1) is 25.7 Å². The van der Waals surface area contributed by atoms with Crippen LogP contribution in [-0.2, 0) is 51.3 Å². The Kier molecular flexibility index (Phi) is 9.77. The largest absolute Gasteiger partial charge is 0.481 e. The SMILES string of the molecule is CCC1=C(C)C(Cc2[nH]c(Cc3[nH]c(C[C@H]4NC(=O)[C@H](C)[C@H]4CC)c(C)c3CCC(=O)O)c(CCC(=O)O)c2C)=NC1=O. The van der Waals surface area contributed by atoms with Crippen LogP contribution < -0.4 is 5.32 Å². The van der Waals surface area contributed by atoms with Crippen molar-refractivity contribution in [2.75, 3.05) is 0 Å². The van der Waals surface area contributed by atoms with Gasteiger partial charge in [0.15, 0.2) is 0 Å². The summed E-state index contributed by atoms with van der Waals surface area (Å²) in [5, 5.41) is 22.1. The quantitative estimate of drug-likeness (QED) is 0.216. The first-order valence-corrected chi connectivity index (χ1v) is 15.3. The lowest BCUT2D eigenvalue weighted by atomic mass is 9.87. The Balaban J connectivity index is 1.70. The van der Waals surface area contributed by atoms with E-state index >= 15 is 0 Å².